The third-order valence-corrected chi connectivity index (χ3v) is 2.20. The van der Waals surface area contributed by atoms with E-state index in [2.05, 4.69) is 15.4 Å². The van der Waals surface area contributed by atoms with E-state index in [4.69, 9.17) is 0 Å². The molecule has 0 saturated heterocycles. The molecule has 1 amide bonds. The van der Waals surface area contributed by atoms with Crippen molar-refractivity contribution in [3.8, 4) is 0 Å². The lowest BCUT2D eigenvalue weighted by Gasteiger charge is -2.04. The Bertz CT molecular complexity index is 545. The Morgan fingerprint density at radius 3 is 3.00 bits per heavy atom. The lowest BCUT2D eigenvalue weighted by Crippen LogP contribution is -2.29. The molecule has 0 fully saturated rings. The first kappa shape index (κ1) is 11.1. The summed E-state index contributed by atoms with van der Waals surface area (Å²) in [4.78, 5) is 25.1. The smallest absolute Gasteiger partial charge is 0.267 e. The maximum absolute atomic E-state index is 11.6. The molecule has 0 bridgehead atoms. The molecule has 2 heterocycles. The number of aromatic nitrogens is 3. The van der Waals surface area contributed by atoms with Gasteiger partial charge in [-0.05, 0) is 12.1 Å². The van der Waals surface area contributed by atoms with Crippen LogP contribution in [0.1, 0.15) is 10.5 Å². The number of carbonyl (C=O) groups is 1. The fraction of sp³-hybridized carbons (Fsp3) is 0.182. The van der Waals surface area contributed by atoms with E-state index in [0.29, 0.717) is 13.1 Å². The van der Waals surface area contributed by atoms with Crippen LogP contribution in [-0.4, -0.2) is 27.2 Å². The summed E-state index contributed by atoms with van der Waals surface area (Å²) < 4.78 is 1.72. The maximum atomic E-state index is 11.6. The number of pyridine rings is 1. The molecule has 2 aromatic rings. The second-order valence-electron chi connectivity index (χ2n) is 3.45. The van der Waals surface area contributed by atoms with Gasteiger partial charge in [0.15, 0.2) is 0 Å². The minimum atomic E-state index is -0.296. The SMILES string of the molecule is O=C(NCCn1cccn1)c1cccc(=O)[nH]1. The molecule has 0 saturated carbocycles. The van der Waals surface area contributed by atoms with Gasteiger partial charge in [0.25, 0.3) is 5.91 Å². The maximum Gasteiger partial charge on any atom is 0.267 e. The highest BCUT2D eigenvalue weighted by Crippen LogP contribution is 1.90. The molecular formula is C11H12N4O2. The molecule has 17 heavy (non-hydrogen) atoms. The highest BCUT2D eigenvalue weighted by molar-refractivity contribution is 5.92. The van der Waals surface area contributed by atoms with Gasteiger partial charge in [-0.15, -0.1) is 0 Å². The number of amides is 1. The molecule has 0 atom stereocenters. The molecule has 0 spiro atoms. The van der Waals surface area contributed by atoms with Gasteiger partial charge in [0.2, 0.25) is 5.56 Å². The summed E-state index contributed by atoms with van der Waals surface area (Å²) in [6.45, 7) is 1.05. The minimum absolute atomic E-state index is 0.262. The van der Waals surface area contributed by atoms with Crippen molar-refractivity contribution in [2.75, 3.05) is 6.54 Å². The van der Waals surface area contributed by atoms with Gasteiger partial charge >= 0.3 is 0 Å². The minimum Gasteiger partial charge on any atom is -0.349 e. The number of hydrogen-bond donors (Lipinski definition) is 2. The van der Waals surface area contributed by atoms with Crippen molar-refractivity contribution in [1.29, 1.82) is 0 Å². The van der Waals surface area contributed by atoms with Crippen LogP contribution >= 0.6 is 0 Å². The predicted molar refractivity (Wildman–Crippen MR) is 61.6 cm³/mol. The Kier molecular flexibility index (Phi) is 3.34. The van der Waals surface area contributed by atoms with E-state index in [1.54, 1.807) is 23.0 Å². The molecule has 2 N–H and O–H groups in total. The van der Waals surface area contributed by atoms with Gasteiger partial charge < -0.3 is 10.3 Å². The first-order chi connectivity index (χ1) is 8.25. The van der Waals surface area contributed by atoms with Gasteiger partial charge in [-0.1, -0.05) is 6.07 Å². The highest BCUT2D eigenvalue weighted by Gasteiger charge is 2.04. The molecule has 2 rings (SSSR count). The average Bonchev–Trinajstić information content (AvgIpc) is 2.82. The second-order valence-corrected chi connectivity index (χ2v) is 3.45. The number of aromatic amines is 1. The van der Waals surface area contributed by atoms with Gasteiger partial charge in [0, 0.05) is 25.0 Å². The summed E-state index contributed by atoms with van der Waals surface area (Å²) in [7, 11) is 0. The van der Waals surface area contributed by atoms with Crippen LogP contribution in [0.4, 0.5) is 0 Å². The van der Waals surface area contributed by atoms with Crippen LogP contribution in [0, 0.1) is 0 Å². The van der Waals surface area contributed by atoms with Crippen LogP contribution in [0.15, 0.2) is 41.5 Å². The first-order valence-electron chi connectivity index (χ1n) is 5.21. The Hall–Kier alpha value is -2.37. The zero-order valence-corrected chi connectivity index (χ0v) is 9.09. The third kappa shape index (κ3) is 3.04. The summed E-state index contributed by atoms with van der Waals surface area (Å²) in [6.07, 6.45) is 3.49. The monoisotopic (exact) mass is 232 g/mol. The lowest BCUT2D eigenvalue weighted by molar-refractivity contribution is 0.0946. The highest BCUT2D eigenvalue weighted by atomic mass is 16.2. The Morgan fingerprint density at radius 1 is 1.41 bits per heavy atom. The Labute approximate surface area is 97.3 Å². The molecule has 0 aliphatic carbocycles. The van der Waals surface area contributed by atoms with Crippen LogP contribution in [0.5, 0.6) is 0 Å². The van der Waals surface area contributed by atoms with Gasteiger partial charge in [0.05, 0.1) is 6.54 Å². The summed E-state index contributed by atoms with van der Waals surface area (Å²) >= 11 is 0. The number of carbonyl (C=O) groups excluding carboxylic acids is 1. The molecule has 6 nitrogen and oxygen atoms in total. The van der Waals surface area contributed by atoms with Crippen molar-refractivity contribution in [2.24, 2.45) is 0 Å². The molecule has 0 radical (unpaired) electrons. The van der Waals surface area contributed by atoms with Gasteiger partial charge in [-0.25, -0.2) is 0 Å². The van der Waals surface area contributed by atoms with Crippen LogP contribution < -0.4 is 10.9 Å². The zero-order chi connectivity index (χ0) is 12.1. The summed E-state index contributed by atoms with van der Waals surface area (Å²) in [5, 5.41) is 6.70. The zero-order valence-electron chi connectivity index (χ0n) is 9.09. The number of nitrogens with zero attached hydrogens (tertiary/aromatic N) is 2. The van der Waals surface area contributed by atoms with E-state index in [1.807, 2.05) is 12.3 Å². The van der Waals surface area contributed by atoms with E-state index in [9.17, 15) is 9.59 Å². The lowest BCUT2D eigenvalue weighted by atomic mass is 10.3. The molecule has 2 aromatic heterocycles. The quantitative estimate of drug-likeness (QED) is 0.778. The number of rotatable bonds is 4. The summed E-state index contributed by atoms with van der Waals surface area (Å²) in [5.74, 6) is -0.296. The molecule has 6 heteroatoms. The van der Waals surface area contributed by atoms with E-state index in [-0.39, 0.29) is 17.2 Å². The van der Waals surface area contributed by atoms with Gasteiger partial charge in [-0.3, -0.25) is 14.3 Å². The van der Waals surface area contributed by atoms with E-state index in [0.717, 1.165) is 0 Å². The molecule has 0 aliphatic rings. The molecule has 0 unspecified atom stereocenters. The predicted octanol–water partition coefficient (Wildman–Crippen LogP) is 0.00140. The van der Waals surface area contributed by atoms with E-state index >= 15 is 0 Å². The molecule has 0 aliphatic heterocycles. The number of H-pyrrole nitrogens is 1. The van der Waals surface area contributed by atoms with Crippen molar-refractivity contribution >= 4 is 5.91 Å². The van der Waals surface area contributed by atoms with E-state index < -0.39 is 0 Å². The Morgan fingerprint density at radius 2 is 2.29 bits per heavy atom. The van der Waals surface area contributed by atoms with Crippen LogP contribution in [0.2, 0.25) is 0 Å². The molecule has 88 valence electrons. The van der Waals surface area contributed by atoms with E-state index in [1.165, 1.54) is 6.07 Å². The second kappa shape index (κ2) is 5.11. The normalized spacial score (nSPS) is 10.1. The number of nitrogens with one attached hydrogen (secondary N) is 2. The Balaban J connectivity index is 1.87. The number of hydrogen-bond acceptors (Lipinski definition) is 3. The fourth-order valence-electron chi connectivity index (χ4n) is 1.39. The standard InChI is InChI=1S/C11H12N4O2/c16-10-4-1-3-9(14-10)11(17)12-6-8-15-7-2-5-13-15/h1-5,7H,6,8H2,(H,12,17)(H,14,16). The van der Waals surface area contributed by atoms with Crippen LogP contribution in [0.25, 0.3) is 0 Å². The summed E-state index contributed by atoms with van der Waals surface area (Å²) in [5.41, 5.74) is -0.0253. The van der Waals surface area contributed by atoms with Crippen LogP contribution in [0.3, 0.4) is 0 Å². The van der Waals surface area contributed by atoms with Crippen molar-refractivity contribution in [2.45, 2.75) is 6.54 Å². The molecule has 0 aromatic carbocycles. The summed E-state index contributed by atoms with van der Waals surface area (Å²) in [6, 6.07) is 6.28. The van der Waals surface area contributed by atoms with Crippen LogP contribution in [-0.2, 0) is 6.54 Å². The largest absolute Gasteiger partial charge is 0.349 e. The van der Waals surface area contributed by atoms with Crippen molar-refractivity contribution in [1.82, 2.24) is 20.1 Å². The first-order valence-corrected chi connectivity index (χ1v) is 5.21. The third-order valence-electron chi connectivity index (χ3n) is 2.20. The van der Waals surface area contributed by atoms with Crippen molar-refractivity contribution < 1.29 is 4.79 Å². The van der Waals surface area contributed by atoms with Crippen molar-refractivity contribution in [3.05, 3.63) is 52.7 Å². The van der Waals surface area contributed by atoms with Gasteiger partial charge in [0.1, 0.15) is 5.69 Å². The molecular weight excluding hydrogens is 220 g/mol. The average molecular weight is 232 g/mol. The fourth-order valence-corrected chi connectivity index (χ4v) is 1.39. The van der Waals surface area contributed by atoms with Gasteiger partial charge in [-0.2, -0.15) is 5.10 Å². The topological polar surface area (TPSA) is 79.8 Å². The van der Waals surface area contributed by atoms with Crippen molar-refractivity contribution in [3.63, 3.8) is 0 Å².